The lowest BCUT2D eigenvalue weighted by atomic mass is 10.0. The maximum atomic E-state index is 13.2. The first kappa shape index (κ1) is 26.7. The zero-order valence-electron chi connectivity index (χ0n) is 21.8. The largest absolute Gasteiger partial charge is 0.494 e. The van der Waals surface area contributed by atoms with E-state index in [-0.39, 0.29) is 5.57 Å². The molecular weight excluding hydrogens is 562 g/mol. The second kappa shape index (κ2) is 12.3. The van der Waals surface area contributed by atoms with Crippen LogP contribution in [0.25, 0.3) is 34.3 Å². The van der Waals surface area contributed by atoms with Gasteiger partial charge in [-0.15, -0.1) is 0 Å². The summed E-state index contributed by atoms with van der Waals surface area (Å²) in [5.41, 5.74) is 6.08. The summed E-state index contributed by atoms with van der Waals surface area (Å²) in [5.74, 6) is 0.232. The molecule has 196 valence electrons. The fourth-order valence-electron chi connectivity index (χ4n) is 4.51. The second-order valence-corrected chi connectivity index (χ2v) is 9.87. The number of hydrogen-bond donors (Lipinski definition) is 1. The number of halogens is 1. The Hall–Kier alpha value is -4.86. The molecular formula is C34H26BrN3O2. The highest BCUT2D eigenvalue weighted by Gasteiger charge is 2.20. The summed E-state index contributed by atoms with van der Waals surface area (Å²) in [6.07, 6.45) is 1.66. The van der Waals surface area contributed by atoms with E-state index < -0.39 is 5.91 Å². The SMILES string of the molecule is CCOc1ccc(NC(=O)/C(C#N)=C/c2cc(-c3ccccc3)n(-c3ccc(Br)cc3)c2-c2ccccc2)cc1. The standard InChI is InChI=1S/C34H26BrN3O2/c1-2-40-31-19-15-29(16-20-31)37-34(39)27(23-36)21-26-22-32(24-9-5-3-6-10-24)38(30-17-13-28(35)14-18-30)33(26)25-11-7-4-8-12-25/h3-22H,2H2,1H3,(H,37,39)/b27-21+. The average molecular weight is 589 g/mol. The van der Waals surface area contributed by atoms with Crippen molar-refractivity contribution in [3.63, 3.8) is 0 Å². The third-order valence-corrected chi connectivity index (χ3v) is 6.85. The Labute approximate surface area is 242 Å². The van der Waals surface area contributed by atoms with E-state index in [9.17, 15) is 10.1 Å². The van der Waals surface area contributed by atoms with Crippen molar-refractivity contribution in [1.82, 2.24) is 4.57 Å². The number of anilines is 1. The Balaban J connectivity index is 1.65. The Bertz CT molecular complexity index is 1680. The molecule has 4 aromatic carbocycles. The molecule has 1 N–H and O–H groups in total. The van der Waals surface area contributed by atoms with Crippen LogP contribution in [0.15, 0.2) is 125 Å². The Morgan fingerprint density at radius 2 is 1.52 bits per heavy atom. The molecule has 1 aromatic heterocycles. The third-order valence-electron chi connectivity index (χ3n) is 6.32. The molecule has 0 saturated heterocycles. The van der Waals surface area contributed by atoms with Gasteiger partial charge in [-0.25, -0.2) is 0 Å². The number of benzene rings is 4. The summed E-state index contributed by atoms with van der Waals surface area (Å²) in [7, 11) is 0. The number of aromatic nitrogens is 1. The topological polar surface area (TPSA) is 67.0 Å². The monoisotopic (exact) mass is 587 g/mol. The number of carbonyl (C=O) groups excluding carboxylic acids is 1. The molecule has 0 atom stereocenters. The number of nitrogens with one attached hydrogen (secondary N) is 1. The van der Waals surface area contributed by atoms with Crippen LogP contribution in [0.5, 0.6) is 5.75 Å². The molecule has 5 nitrogen and oxygen atoms in total. The number of nitrogens with zero attached hydrogens (tertiary/aromatic N) is 2. The van der Waals surface area contributed by atoms with E-state index in [2.05, 4.69) is 44.0 Å². The minimum Gasteiger partial charge on any atom is -0.494 e. The summed E-state index contributed by atoms with van der Waals surface area (Å²) < 4.78 is 8.62. The van der Waals surface area contributed by atoms with Crippen LogP contribution in [0.1, 0.15) is 12.5 Å². The first-order chi connectivity index (χ1) is 19.6. The zero-order valence-corrected chi connectivity index (χ0v) is 23.4. The summed E-state index contributed by atoms with van der Waals surface area (Å²) in [6, 6.07) is 39.4. The van der Waals surface area contributed by atoms with Gasteiger partial charge >= 0.3 is 0 Å². The highest BCUT2D eigenvalue weighted by atomic mass is 79.9. The van der Waals surface area contributed by atoms with Crippen molar-refractivity contribution < 1.29 is 9.53 Å². The number of nitriles is 1. The van der Waals surface area contributed by atoms with Gasteiger partial charge in [0, 0.05) is 21.4 Å². The van der Waals surface area contributed by atoms with Crippen LogP contribution in [-0.2, 0) is 4.79 Å². The molecule has 5 rings (SSSR count). The van der Waals surface area contributed by atoms with Crippen LogP contribution in [0.2, 0.25) is 0 Å². The van der Waals surface area contributed by atoms with Crippen molar-refractivity contribution in [3.8, 4) is 40.0 Å². The molecule has 0 radical (unpaired) electrons. The first-order valence-corrected chi connectivity index (χ1v) is 13.6. The maximum absolute atomic E-state index is 13.2. The van der Waals surface area contributed by atoms with Gasteiger partial charge in [-0.1, -0.05) is 76.6 Å². The fourth-order valence-corrected chi connectivity index (χ4v) is 4.78. The van der Waals surface area contributed by atoms with Crippen LogP contribution in [0.3, 0.4) is 0 Å². The number of hydrogen-bond acceptors (Lipinski definition) is 3. The molecule has 0 bridgehead atoms. The molecule has 1 heterocycles. The predicted octanol–water partition coefficient (Wildman–Crippen LogP) is 8.52. The smallest absolute Gasteiger partial charge is 0.266 e. The molecule has 5 aromatic rings. The molecule has 0 spiro atoms. The quantitative estimate of drug-likeness (QED) is 0.146. The van der Waals surface area contributed by atoms with Gasteiger partial charge in [0.2, 0.25) is 0 Å². The first-order valence-electron chi connectivity index (χ1n) is 12.9. The van der Waals surface area contributed by atoms with Gasteiger partial charge in [-0.2, -0.15) is 5.26 Å². The third kappa shape index (κ3) is 5.90. The molecule has 6 heteroatoms. The molecule has 0 aliphatic rings. The van der Waals surface area contributed by atoms with Gasteiger partial charge in [-0.3, -0.25) is 4.79 Å². The molecule has 0 unspecified atom stereocenters. The van der Waals surface area contributed by atoms with Crippen molar-refractivity contribution in [2.75, 3.05) is 11.9 Å². The molecule has 40 heavy (non-hydrogen) atoms. The van der Waals surface area contributed by atoms with Crippen molar-refractivity contribution in [2.45, 2.75) is 6.92 Å². The highest BCUT2D eigenvalue weighted by Crippen LogP contribution is 2.37. The van der Waals surface area contributed by atoms with Crippen LogP contribution in [-0.4, -0.2) is 17.1 Å². The van der Waals surface area contributed by atoms with E-state index in [0.717, 1.165) is 38.2 Å². The minimum atomic E-state index is -0.483. The zero-order chi connectivity index (χ0) is 27.9. The van der Waals surface area contributed by atoms with E-state index in [1.807, 2.05) is 85.8 Å². The molecule has 0 aliphatic carbocycles. The Morgan fingerprint density at radius 3 is 2.12 bits per heavy atom. The van der Waals surface area contributed by atoms with Crippen LogP contribution in [0, 0.1) is 11.3 Å². The molecule has 0 fully saturated rings. The van der Waals surface area contributed by atoms with Gasteiger partial charge in [0.25, 0.3) is 5.91 Å². The number of rotatable bonds is 8. The van der Waals surface area contributed by atoms with Crippen molar-refractivity contribution in [2.24, 2.45) is 0 Å². The van der Waals surface area contributed by atoms with Crippen molar-refractivity contribution in [1.29, 1.82) is 5.26 Å². The van der Waals surface area contributed by atoms with Crippen LogP contribution in [0.4, 0.5) is 5.69 Å². The normalized spacial score (nSPS) is 11.1. The fraction of sp³-hybridized carbons (Fsp3) is 0.0588. The van der Waals surface area contributed by atoms with Crippen LogP contribution >= 0.6 is 15.9 Å². The van der Waals surface area contributed by atoms with Gasteiger partial charge in [0.1, 0.15) is 17.4 Å². The predicted molar refractivity (Wildman–Crippen MR) is 164 cm³/mol. The number of ether oxygens (including phenoxy) is 1. The highest BCUT2D eigenvalue weighted by molar-refractivity contribution is 9.10. The van der Waals surface area contributed by atoms with E-state index in [4.69, 9.17) is 4.74 Å². The number of amides is 1. The van der Waals surface area contributed by atoms with Gasteiger partial charge < -0.3 is 14.6 Å². The summed E-state index contributed by atoms with van der Waals surface area (Å²) in [6.45, 7) is 2.47. The van der Waals surface area contributed by atoms with Crippen LogP contribution < -0.4 is 10.1 Å². The molecule has 1 amide bonds. The van der Waals surface area contributed by atoms with Crippen molar-refractivity contribution in [3.05, 3.63) is 131 Å². The maximum Gasteiger partial charge on any atom is 0.266 e. The lowest BCUT2D eigenvalue weighted by Gasteiger charge is -2.15. The van der Waals surface area contributed by atoms with Gasteiger partial charge in [0.15, 0.2) is 0 Å². The minimum absolute atomic E-state index is 0.00127. The Morgan fingerprint density at radius 1 is 0.900 bits per heavy atom. The van der Waals surface area contributed by atoms with E-state index in [1.165, 1.54) is 0 Å². The van der Waals surface area contributed by atoms with E-state index in [1.54, 1.807) is 30.3 Å². The summed E-state index contributed by atoms with van der Waals surface area (Å²) >= 11 is 3.54. The number of carbonyl (C=O) groups is 1. The second-order valence-electron chi connectivity index (χ2n) is 8.96. The van der Waals surface area contributed by atoms with Gasteiger partial charge in [-0.05, 0) is 78.7 Å². The summed E-state index contributed by atoms with van der Waals surface area (Å²) in [4.78, 5) is 13.2. The van der Waals surface area contributed by atoms with Gasteiger partial charge in [0.05, 0.1) is 18.0 Å². The summed E-state index contributed by atoms with van der Waals surface area (Å²) in [5, 5.41) is 12.9. The molecule has 0 aliphatic heterocycles. The van der Waals surface area contributed by atoms with E-state index in [0.29, 0.717) is 18.0 Å². The lowest BCUT2D eigenvalue weighted by molar-refractivity contribution is -0.112. The lowest BCUT2D eigenvalue weighted by Crippen LogP contribution is -2.13. The Kier molecular flexibility index (Phi) is 8.24. The van der Waals surface area contributed by atoms with E-state index >= 15 is 0 Å². The van der Waals surface area contributed by atoms with Crippen molar-refractivity contribution >= 4 is 33.6 Å². The average Bonchev–Trinajstić information content (AvgIpc) is 3.37. The molecule has 0 saturated carbocycles.